The highest BCUT2D eigenvalue weighted by Crippen LogP contribution is 2.20. The Morgan fingerprint density at radius 3 is 2.69 bits per heavy atom. The zero-order chi connectivity index (χ0) is 9.26. The van der Waals surface area contributed by atoms with E-state index < -0.39 is 0 Å². The van der Waals surface area contributed by atoms with Crippen LogP contribution in [0.3, 0.4) is 0 Å². The Morgan fingerprint density at radius 2 is 2.15 bits per heavy atom. The first-order valence-corrected chi connectivity index (χ1v) is 4.46. The molecule has 0 radical (unpaired) electrons. The molecule has 2 heterocycles. The Kier molecular flexibility index (Phi) is 1.94. The molecule has 2 aromatic rings. The zero-order valence-electron chi connectivity index (χ0n) is 6.57. The van der Waals surface area contributed by atoms with Gasteiger partial charge in [-0.25, -0.2) is 9.37 Å². The molecule has 0 aromatic carbocycles. The Morgan fingerprint density at radius 1 is 1.31 bits per heavy atom. The summed E-state index contributed by atoms with van der Waals surface area (Å²) in [5.41, 5.74) is 6.77. The number of hydrogen-bond acceptors (Lipinski definition) is 4. The third-order valence-electron chi connectivity index (χ3n) is 1.51. The molecule has 0 fully saturated rings. The number of rotatable bonds is 1. The van der Waals surface area contributed by atoms with Crippen LogP contribution in [-0.2, 0) is 0 Å². The number of halogens is 1. The number of thiazole rings is 1. The minimum Gasteiger partial charge on any atom is -0.375 e. The lowest BCUT2D eigenvalue weighted by atomic mass is 10.3. The Bertz CT molecular complexity index is 410. The van der Waals surface area contributed by atoms with Crippen molar-refractivity contribution in [2.75, 3.05) is 5.73 Å². The van der Waals surface area contributed by atoms with E-state index in [4.69, 9.17) is 5.73 Å². The standard InChI is InChI=1S/C8H6FN3S/c9-5-1-2-6(11-3-5)7-4-13-8(10)12-7/h1-4H,(H2,10,12). The number of nitrogens with two attached hydrogens (primary N) is 1. The van der Waals surface area contributed by atoms with Crippen LogP contribution in [0.4, 0.5) is 9.52 Å². The van der Waals surface area contributed by atoms with Gasteiger partial charge in [0.15, 0.2) is 5.13 Å². The number of aromatic nitrogens is 2. The molecule has 5 heteroatoms. The van der Waals surface area contributed by atoms with Crippen molar-refractivity contribution in [2.45, 2.75) is 0 Å². The van der Waals surface area contributed by atoms with Crippen LogP contribution in [-0.4, -0.2) is 9.97 Å². The smallest absolute Gasteiger partial charge is 0.180 e. The molecular formula is C8H6FN3S. The molecule has 0 unspecified atom stereocenters. The predicted octanol–water partition coefficient (Wildman–Crippen LogP) is 1.93. The number of nitrogens with zero attached hydrogens (tertiary/aromatic N) is 2. The van der Waals surface area contributed by atoms with E-state index in [0.29, 0.717) is 16.5 Å². The van der Waals surface area contributed by atoms with E-state index in [2.05, 4.69) is 9.97 Å². The van der Waals surface area contributed by atoms with Gasteiger partial charge in [0.2, 0.25) is 0 Å². The second-order valence-electron chi connectivity index (χ2n) is 2.43. The summed E-state index contributed by atoms with van der Waals surface area (Å²) in [6.45, 7) is 0. The lowest BCUT2D eigenvalue weighted by molar-refractivity contribution is 0.622. The summed E-state index contributed by atoms with van der Waals surface area (Å²) in [5, 5.41) is 2.27. The van der Waals surface area contributed by atoms with Gasteiger partial charge in [-0.15, -0.1) is 11.3 Å². The van der Waals surface area contributed by atoms with E-state index in [-0.39, 0.29) is 5.82 Å². The van der Waals surface area contributed by atoms with Gasteiger partial charge in [-0.1, -0.05) is 0 Å². The van der Waals surface area contributed by atoms with E-state index in [0.717, 1.165) is 6.20 Å². The summed E-state index contributed by atoms with van der Waals surface area (Å²) in [5.74, 6) is -0.355. The Labute approximate surface area is 78.1 Å². The van der Waals surface area contributed by atoms with Gasteiger partial charge in [0.1, 0.15) is 11.5 Å². The molecule has 2 rings (SSSR count). The second-order valence-corrected chi connectivity index (χ2v) is 3.32. The Hall–Kier alpha value is -1.49. The van der Waals surface area contributed by atoms with Gasteiger partial charge in [0.25, 0.3) is 0 Å². The molecule has 0 saturated heterocycles. The van der Waals surface area contributed by atoms with Crippen molar-refractivity contribution >= 4 is 16.5 Å². The molecule has 66 valence electrons. The van der Waals surface area contributed by atoms with Crippen LogP contribution >= 0.6 is 11.3 Å². The van der Waals surface area contributed by atoms with E-state index in [9.17, 15) is 4.39 Å². The number of nitrogen functional groups attached to an aromatic ring is 1. The van der Waals surface area contributed by atoms with Gasteiger partial charge in [-0.05, 0) is 12.1 Å². The summed E-state index contributed by atoms with van der Waals surface area (Å²) in [7, 11) is 0. The van der Waals surface area contributed by atoms with Crippen molar-refractivity contribution in [3.63, 3.8) is 0 Å². The van der Waals surface area contributed by atoms with Crippen molar-refractivity contribution < 1.29 is 4.39 Å². The van der Waals surface area contributed by atoms with Gasteiger partial charge in [-0.2, -0.15) is 0 Å². The molecular weight excluding hydrogens is 189 g/mol. The van der Waals surface area contributed by atoms with Crippen molar-refractivity contribution in [3.8, 4) is 11.4 Å². The first-order chi connectivity index (χ1) is 6.25. The van der Waals surface area contributed by atoms with E-state index in [1.807, 2.05) is 0 Å². The fraction of sp³-hybridized carbons (Fsp3) is 0. The molecule has 0 aliphatic rings. The Balaban J connectivity index is 2.41. The molecule has 0 bridgehead atoms. The molecule has 0 amide bonds. The summed E-state index contributed by atoms with van der Waals surface area (Å²) in [6.07, 6.45) is 1.16. The maximum atomic E-state index is 12.5. The fourth-order valence-corrected chi connectivity index (χ4v) is 1.49. The van der Waals surface area contributed by atoms with Gasteiger partial charge in [-0.3, -0.25) is 4.98 Å². The average molecular weight is 195 g/mol. The fourth-order valence-electron chi connectivity index (χ4n) is 0.933. The zero-order valence-corrected chi connectivity index (χ0v) is 7.38. The van der Waals surface area contributed by atoms with Crippen LogP contribution in [0, 0.1) is 5.82 Å². The minimum absolute atomic E-state index is 0.355. The lowest BCUT2D eigenvalue weighted by Gasteiger charge is -1.93. The van der Waals surface area contributed by atoms with Crippen molar-refractivity contribution in [1.29, 1.82) is 0 Å². The minimum atomic E-state index is -0.355. The SMILES string of the molecule is Nc1nc(-c2ccc(F)cn2)cs1. The highest BCUT2D eigenvalue weighted by Gasteiger charge is 2.03. The molecule has 3 nitrogen and oxygen atoms in total. The highest BCUT2D eigenvalue weighted by atomic mass is 32.1. The number of pyridine rings is 1. The number of hydrogen-bond donors (Lipinski definition) is 1. The summed E-state index contributed by atoms with van der Waals surface area (Å²) in [6, 6.07) is 2.92. The summed E-state index contributed by atoms with van der Waals surface area (Å²) in [4.78, 5) is 7.90. The van der Waals surface area contributed by atoms with E-state index >= 15 is 0 Å². The lowest BCUT2D eigenvalue weighted by Crippen LogP contribution is -1.86. The van der Waals surface area contributed by atoms with Crippen LogP contribution in [0.25, 0.3) is 11.4 Å². The van der Waals surface area contributed by atoms with Crippen molar-refractivity contribution in [3.05, 3.63) is 29.5 Å². The van der Waals surface area contributed by atoms with Gasteiger partial charge in [0, 0.05) is 5.38 Å². The first kappa shape index (κ1) is 8.12. The van der Waals surface area contributed by atoms with E-state index in [1.54, 1.807) is 11.4 Å². The molecule has 2 N–H and O–H groups in total. The van der Waals surface area contributed by atoms with Gasteiger partial charge >= 0.3 is 0 Å². The maximum absolute atomic E-state index is 12.5. The van der Waals surface area contributed by atoms with Crippen LogP contribution in [0.2, 0.25) is 0 Å². The number of anilines is 1. The maximum Gasteiger partial charge on any atom is 0.180 e. The molecule has 0 aliphatic carbocycles. The van der Waals surface area contributed by atoms with E-state index in [1.165, 1.54) is 17.4 Å². The molecule has 0 saturated carbocycles. The largest absolute Gasteiger partial charge is 0.375 e. The van der Waals surface area contributed by atoms with Crippen molar-refractivity contribution in [2.24, 2.45) is 0 Å². The van der Waals surface area contributed by atoms with Crippen molar-refractivity contribution in [1.82, 2.24) is 9.97 Å². The van der Waals surface area contributed by atoms with Crippen LogP contribution in [0.15, 0.2) is 23.7 Å². The van der Waals surface area contributed by atoms with Crippen LogP contribution in [0.1, 0.15) is 0 Å². The monoisotopic (exact) mass is 195 g/mol. The quantitative estimate of drug-likeness (QED) is 0.756. The molecule has 0 aliphatic heterocycles. The summed E-state index contributed by atoms with van der Waals surface area (Å²) < 4.78 is 12.5. The van der Waals surface area contributed by atoms with Gasteiger partial charge in [0.05, 0.1) is 11.9 Å². The third-order valence-corrected chi connectivity index (χ3v) is 2.19. The van der Waals surface area contributed by atoms with Crippen LogP contribution in [0.5, 0.6) is 0 Å². The molecule has 2 aromatic heterocycles. The van der Waals surface area contributed by atoms with Crippen LogP contribution < -0.4 is 5.73 Å². The predicted molar refractivity (Wildman–Crippen MR) is 49.7 cm³/mol. The second kappa shape index (κ2) is 3.10. The molecule has 0 spiro atoms. The molecule has 0 atom stereocenters. The first-order valence-electron chi connectivity index (χ1n) is 3.58. The average Bonchev–Trinajstić information content (AvgIpc) is 2.53. The summed E-state index contributed by atoms with van der Waals surface area (Å²) >= 11 is 1.34. The third kappa shape index (κ3) is 1.65. The molecule has 13 heavy (non-hydrogen) atoms. The normalized spacial score (nSPS) is 10.2. The van der Waals surface area contributed by atoms with Gasteiger partial charge < -0.3 is 5.73 Å². The highest BCUT2D eigenvalue weighted by molar-refractivity contribution is 7.13. The topological polar surface area (TPSA) is 51.8 Å².